The first-order chi connectivity index (χ1) is 12.1. The number of aliphatic imine (C=N–C) groups is 1. The first kappa shape index (κ1) is 16.6. The summed E-state index contributed by atoms with van der Waals surface area (Å²) in [5.74, 6) is -0.507. The van der Waals surface area contributed by atoms with Gasteiger partial charge in [0.05, 0.1) is 18.5 Å². The van der Waals surface area contributed by atoms with Crippen LogP contribution in [0.5, 0.6) is 0 Å². The molecule has 0 radical (unpaired) electrons. The van der Waals surface area contributed by atoms with Gasteiger partial charge in [-0.1, -0.05) is 42.5 Å². The highest BCUT2D eigenvalue weighted by atomic mass is 16.5. The molecule has 0 saturated heterocycles. The lowest BCUT2D eigenvalue weighted by molar-refractivity contribution is -0.134. The van der Waals surface area contributed by atoms with Gasteiger partial charge in [0, 0.05) is 24.3 Å². The number of likely N-dealkylation sites (N-methyl/N-ethyl adjacent to an activating group) is 1. The number of nitrogens with zero attached hydrogens (tertiary/aromatic N) is 2. The molecule has 0 spiro atoms. The Balaban J connectivity index is 2.08. The molecule has 25 heavy (non-hydrogen) atoms. The molecule has 0 saturated carbocycles. The predicted octanol–water partition coefficient (Wildman–Crippen LogP) is 2.69. The third kappa shape index (κ3) is 3.50. The minimum Gasteiger partial charge on any atom is -0.466 e. The zero-order valence-electron chi connectivity index (χ0n) is 14.1. The lowest BCUT2D eigenvalue weighted by atomic mass is 9.98. The Kier molecular flexibility index (Phi) is 4.75. The van der Waals surface area contributed by atoms with Gasteiger partial charge in [-0.3, -0.25) is 9.79 Å². The zero-order chi connectivity index (χ0) is 17.8. The van der Waals surface area contributed by atoms with Gasteiger partial charge in [0.15, 0.2) is 0 Å². The van der Waals surface area contributed by atoms with Gasteiger partial charge in [0.25, 0.3) is 0 Å². The fourth-order valence-electron chi connectivity index (χ4n) is 2.68. The Labute approximate surface area is 146 Å². The third-order valence-corrected chi connectivity index (χ3v) is 4.05. The molecule has 0 aromatic heterocycles. The molecule has 126 valence electrons. The minimum absolute atomic E-state index is 0.0821. The second-order valence-corrected chi connectivity index (χ2v) is 5.62. The summed E-state index contributed by atoms with van der Waals surface area (Å²) in [6, 6.07) is 15.5. The van der Waals surface area contributed by atoms with E-state index in [1.54, 1.807) is 18.0 Å². The van der Waals surface area contributed by atoms with Gasteiger partial charge in [-0.15, -0.1) is 0 Å². The Morgan fingerprint density at radius 3 is 2.68 bits per heavy atom. The van der Waals surface area contributed by atoms with Crippen LogP contribution < -0.4 is 4.90 Å². The van der Waals surface area contributed by atoms with E-state index in [0.717, 1.165) is 28.1 Å². The summed E-state index contributed by atoms with van der Waals surface area (Å²) in [6.45, 7) is 0.0999. The first-order valence-electron chi connectivity index (χ1n) is 7.87. The number of anilines is 1. The van der Waals surface area contributed by atoms with Crippen molar-refractivity contribution in [2.24, 2.45) is 4.99 Å². The molecule has 5 heteroatoms. The van der Waals surface area contributed by atoms with Crippen molar-refractivity contribution < 1.29 is 14.3 Å². The van der Waals surface area contributed by atoms with E-state index in [9.17, 15) is 9.59 Å². The number of amides is 1. The summed E-state index contributed by atoms with van der Waals surface area (Å²) >= 11 is 0. The lowest BCUT2D eigenvalue weighted by Gasteiger charge is -2.18. The number of carbonyl (C=O) groups is 2. The van der Waals surface area contributed by atoms with E-state index < -0.39 is 5.97 Å². The second-order valence-electron chi connectivity index (χ2n) is 5.62. The number of rotatable bonds is 3. The zero-order valence-corrected chi connectivity index (χ0v) is 14.1. The summed E-state index contributed by atoms with van der Waals surface area (Å²) in [5.41, 5.74) is 4.20. The van der Waals surface area contributed by atoms with Crippen LogP contribution in [0.3, 0.4) is 0 Å². The van der Waals surface area contributed by atoms with Gasteiger partial charge >= 0.3 is 5.97 Å². The van der Waals surface area contributed by atoms with Crippen molar-refractivity contribution in [1.82, 2.24) is 0 Å². The van der Waals surface area contributed by atoms with Gasteiger partial charge in [0.2, 0.25) is 5.91 Å². The molecular formula is C20H18N2O3. The molecule has 5 nitrogen and oxygen atoms in total. The predicted molar refractivity (Wildman–Crippen MR) is 97.9 cm³/mol. The normalized spacial score (nSPS) is 14.1. The average Bonchev–Trinajstić information content (AvgIpc) is 2.78. The van der Waals surface area contributed by atoms with Gasteiger partial charge in [-0.05, 0) is 17.7 Å². The molecule has 0 bridgehead atoms. The van der Waals surface area contributed by atoms with Gasteiger partial charge in [-0.2, -0.15) is 0 Å². The molecule has 3 rings (SSSR count). The van der Waals surface area contributed by atoms with Crippen LogP contribution in [0.4, 0.5) is 5.69 Å². The molecule has 2 aromatic rings. The maximum atomic E-state index is 12.3. The Hall–Kier alpha value is -3.21. The number of hydrogen-bond acceptors (Lipinski definition) is 4. The van der Waals surface area contributed by atoms with Crippen molar-refractivity contribution in [3.63, 3.8) is 0 Å². The number of benzodiazepines with no additional fused rings is 1. The Morgan fingerprint density at radius 2 is 1.96 bits per heavy atom. The molecule has 0 fully saturated rings. The van der Waals surface area contributed by atoms with Crippen molar-refractivity contribution >= 4 is 29.4 Å². The SMILES string of the molecule is COC(=O)C=Cc1ccc2c(c1)N(C)C(=O)CN=C2c1ccccc1. The fraction of sp³-hybridized carbons (Fsp3) is 0.150. The van der Waals surface area contributed by atoms with E-state index >= 15 is 0 Å². The Morgan fingerprint density at radius 1 is 1.20 bits per heavy atom. The van der Waals surface area contributed by atoms with Crippen LogP contribution in [-0.4, -0.2) is 38.3 Å². The number of benzene rings is 2. The number of esters is 1. The highest BCUT2D eigenvalue weighted by molar-refractivity contribution is 6.19. The molecule has 0 N–H and O–H groups in total. The Bertz CT molecular complexity index is 870. The second kappa shape index (κ2) is 7.13. The molecular weight excluding hydrogens is 316 g/mol. The van der Waals surface area contributed by atoms with Crippen LogP contribution in [0.25, 0.3) is 6.08 Å². The number of ether oxygens (including phenoxy) is 1. The highest BCUT2D eigenvalue weighted by Crippen LogP contribution is 2.27. The largest absolute Gasteiger partial charge is 0.466 e. The maximum Gasteiger partial charge on any atom is 0.330 e. The van der Waals surface area contributed by atoms with E-state index in [4.69, 9.17) is 0 Å². The van der Waals surface area contributed by atoms with Crippen molar-refractivity contribution in [1.29, 1.82) is 0 Å². The number of carbonyl (C=O) groups excluding carboxylic acids is 2. The van der Waals surface area contributed by atoms with E-state index in [1.165, 1.54) is 13.2 Å². The summed E-state index contributed by atoms with van der Waals surface area (Å²) < 4.78 is 4.61. The summed E-state index contributed by atoms with van der Waals surface area (Å²) in [7, 11) is 3.07. The van der Waals surface area contributed by atoms with Crippen LogP contribution in [0, 0.1) is 0 Å². The number of methoxy groups -OCH3 is 1. The van der Waals surface area contributed by atoms with Gasteiger partial charge < -0.3 is 9.64 Å². The van der Waals surface area contributed by atoms with Crippen molar-refractivity contribution in [2.45, 2.75) is 0 Å². The molecule has 0 unspecified atom stereocenters. The molecule has 0 aliphatic carbocycles. The fourth-order valence-corrected chi connectivity index (χ4v) is 2.68. The molecule has 0 atom stereocenters. The molecule has 1 aliphatic rings. The van der Waals surface area contributed by atoms with Crippen molar-refractivity contribution in [2.75, 3.05) is 25.6 Å². The average molecular weight is 334 g/mol. The van der Waals surface area contributed by atoms with Crippen molar-refractivity contribution in [3.05, 3.63) is 71.3 Å². The van der Waals surface area contributed by atoms with Gasteiger partial charge in [-0.25, -0.2) is 4.79 Å². The van der Waals surface area contributed by atoms with E-state index in [1.807, 2.05) is 48.5 Å². The van der Waals surface area contributed by atoms with E-state index in [2.05, 4.69) is 9.73 Å². The highest BCUT2D eigenvalue weighted by Gasteiger charge is 2.22. The van der Waals surface area contributed by atoms with E-state index in [-0.39, 0.29) is 12.5 Å². The topological polar surface area (TPSA) is 59.0 Å². The van der Waals surface area contributed by atoms with Crippen molar-refractivity contribution in [3.8, 4) is 0 Å². The molecule has 2 aromatic carbocycles. The standard InChI is InChI=1S/C20H18N2O3/c1-22-17-12-14(9-11-19(24)25-2)8-10-16(17)20(21-13-18(22)23)15-6-4-3-5-7-15/h3-12H,13H2,1-2H3. The van der Waals surface area contributed by atoms with Crippen LogP contribution >= 0.6 is 0 Å². The number of hydrogen-bond donors (Lipinski definition) is 0. The minimum atomic E-state index is -0.425. The van der Waals surface area contributed by atoms with E-state index in [0.29, 0.717) is 0 Å². The summed E-state index contributed by atoms with van der Waals surface area (Å²) in [5, 5.41) is 0. The van der Waals surface area contributed by atoms with Crippen LogP contribution in [0.1, 0.15) is 16.7 Å². The molecule has 1 heterocycles. The molecule has 1 amide bonds. The van der Waals surface area contributed by atoms with Crippen LogP contribution in [-0.2, 0) is 14.3 Å². The maximum absolute atomic E-state index is 12.3. The third-order valence-electron chi connectivity index (χ3n) is 4.05. The lowest BCUT2D eigenvalue weighted by Crippen LogP contribution is -2.27. The summed E-state index contributed by atoms with van der Waals surface area (Å²) in [4.78, 5) is 29.7. The summed E-state index contributed by atoms with van der Waals surface area (Å²) in [6.07, 6.45) is 3.01. The first-order valence-corrected chi connectivity index (χ1v) is 7.87. The van der Waals surface area contributed by atoms with Crippen LogP contribution in [0.2, 0.25) is 0 Å². The molecule has 1 aliphatic heterocycles. The monoisotopic (exact) mass is 334 g/mol. The number of fused-ring (bicyclic) bond motifs is 1. The smallest absolute Gasteiger partial charge is 0.330 e. The quantitative estimate of drug-likeness (QED) is 0.640. The van der Waals surface area contributed by atoms with Gasteiger partial charge in [0.1, 0.15) is 6.54 Å². The van der Waals surface area contributed by atoms with Crippen LogP contribution in [0.15, 0.2) is 59.6 Å².